The number of nitrogens with one attached hydrogen (secondary N) is 1. The summed E-state index contributed by atoms with van der Waals surface area (Å²) in [5.41, 5.74) is 2.87. The predicted octanol–water partition coefficient (Wildman–Crippen LogP) is 4.67. The van der Waals surface area contributed by atoms with Gasteiger partial charge in [-0.2, -0.15) is 0 Å². The number of hydrogen-bond acceptors (Lipinski definition) is 3. The highest BCUT2D eigenvalue weighted by atomic mass is 35.5. The number of rotatable bonds is 6. The van der Waals surface area contributed by atoms with E-state index in [4.69, 9.17) is 9.47 Å². The SMILES string of the molecule is CCOc1cc2c(cc1OCC)C(CC1CCCC1)NCC2.Cl. The van der Waals surface area contributed by atoms with Crippen molar-refractivity contribution in [3.05, 3.63) is 23.3 Å². The maximum atomic E-state index is 5.82. The Morgan fingerprint density at radius 3 is 2.35 bits per heavy atom. The molecule has 1 atom stereocenters. The molecule has 1 aromatic rings. The first-order chi connectivity index (χ1) is 10.8. The molecule has 23 heavy (non-hydrogen) atoms. The molecular formula is C19H30ClNO2. The van der Waals surface area contributed by atoms with E-state index in [0.29, 0.717) is 19.3 Å². The summed E-state index contributed by atoms with van der Waals surface area (Å²) in [4.78, 5) is 0. The van der Waals surface area contributed by atoms with Crippen LogP contribution in [0.15, 0.2) is 12.1 Å². The van der Waals surface area contributed by atoms with Crippen molar-refractivity contribution >= 4 is 12.4 Å². The van der Waals surface area contributed by atoms with Crippen molar-refractivity contribution in [2.75, 3.05) is 19.8 Å². The first-order valence-corrected chi connectivity index (χ1v) is 8.97. The zero-order valence-electron chi connectivity index (χ0n) is 14.4. The molecule has 0 bridgehead atoms. The molecule has 2 aliphatic rings. The third-order valence-corrected chi connectivity index (χ3v) is 5.01. The lowest BCUT2D eigenvalue weighted by molar-refractivity contribution is 0.285. The largest absolute Gasteiger partial charge is 0.490 e. The van der Waals surface area contributed by atoms with Crippen LogP contribution in [0.25, 0.3) is 0 Å². The zero-order chi connectivity index (χ0) is 15.4. The van der Waals surface area contributed by atoms with Gasteiger partial charge in [-0.25, -0.2) is 0 Å². The summed E-state index contributed by atoms with van der Waals surface area (Å²) in [6.07, 6.45) is 8.00. The number of benzene rings is 1. The van der Waals surface area contributed by atoms with Crippen LogP contribution in [0.4, 0.5) is 0 Å². The molecule has 1 fully saturated rings. The second kappa shape index (κ2) is 8.79. The van der Waals surface area contributed by atoms with Gasteiger partial charge in [0.2, 0.25) is 0 Å². The Bertz CT molecular complexity index is 500. The third kappa shape index (κ3) is 4.33. The Morgan fingerprint density at radius 2 is 1.70 bits per heavy atom. The highest BCUT2D eigenvalue weighted by molar-refractivity contribution is 5.85. The van der Waals surface area contributed by atoms with E-state index in [1.54, 1.807) is 0 Å². The molecule has 1 aliphatic heterocycles. The number of fused-ring (bicyclic) bond motifs is 1. The minimum atomic E-state index is 0. The Kier molecular flexibility index (Phi) is 7.04. The summed E-state index contributed by atoms with van der Waals surface area (Å²) >= 11 is 0. The molecule has 1 heterocycles. The van der Waals surface area contributed by atoms with Crippen molar-refractivity contribution in [2.24, 2.45) is 5.92 Å². The average Bonchev–Trinajstić information content (AvgIpc) is 3.02. The van der Waals surface area contributed by atoms with Crippen molar-refractivity contribution in [2.45, 2.75) is 58.4 Å². The van der Waals surface area contributed by atoms with Gasteiger partial charge in [0.25, 0.3) is 0 Å². The summed E-state index contributed by atoms with van der Waals surface area (Å²) in [7, 11) is 0. The maximum Gasteiger partial charge on any atom is 0.161 e. The van der Waals surface area contributed by atoms with Crippen LogP contribution in [0.3, 0.4) is 0 Å². The lowest BCUT2D eigenvalue weighted by Gasteiger charge is -2.30. The molecule has 1 aromatic carbocycles. The lowest BCUT2D eigenvalue weighted by atomic mass is 9.87. The Balaban J connectivity index is 0.00000192. The van der Waals surface area contributed by atoms with Crippen molar-refractivity contribution < 1.29 is 9.47 Å². The normalized spacial score (nSPS) is 20.7. The van der Waals surface area contributed by atoms with E-state index in [9.17, 15) is 0 Å². The van der Waals surface area contributed by atoms with Gasteiger partial charge in [-0.05, 0) is 62.4 Å². The average molecular weight is 340 g/mol. The van der Waals surface area contributed by atoms with Crippen LogP contribution in [-0.4, -0.2) is 19.8 Å². The van der Waals surface area contributed by atoms with E-state index >= 15 is 0 Å². The van der Waals surface area contributed by atoms with Crippen molar-refractivity contribution in [3.8, 4) is 11.5 Å². The first-order valence-electron chi connectivity index (χ1n) is 8.97. The van der Waals surface area contributed by atoms with Crippen LogP contribution < -0.4 is 14.8 Å². The summed E-state index contributed by atoms with van der Waals surface area (Å²) < 4.78 is 11.6. The summed E-state index contributed by atoms with van der Waals surface area (Å²) in [5, 5.41) is 3.73. The molecule has 1 saturated carbocycles. The second-order valence-corrected chi connectivity index (χ2v) is 6.51. The molecule has 130 valence electrons. The van der Waals surface area contributed by atoms with Crippen LogP contribution in [-0.2, 0) is 6.42 Å². The van der Waals surface area contributed by atoms with E-state index in [1.165, 1.54) is 43.2 Å². The summed E-state index contributed by atoms with van der Waals surface area (Å²) in [6, 6.07) is 4.93. The molecule has 0 radical (unpaired) electrons. The van der Waals surface area contributed by atoms with Crippen molar-refractivity contribution in [1.82, 2.24) is 5.32 Å². The minimum Gasteiger partial charge on any atom is -0.490 e. The Hall–Kier alpha value is -0.930. The van der Waals surface area contributed by atoms with E-state index in [2.05, 4.69) is 17.4 Å². The zero-order valence-corrected chi connectivity index (χ0v) is 15.2. The molecule has 0 amide bonds. The van der Waals surface area contributed by atoms with Gasteiger partial charge in [0, 0.05) is 6.04 Å². The highest BCUT2D eigenvalue weighted by Crippen LogP contribution is 2.39. The molecule has 0 spiro atoms. The van der Waals surface area contributed by atoms with Crippen molar-refractivity contribution in [1.29, 1.82) is 0 Å². The second-order valence-electron chi connectivity index (χ2n) is 6.51. The molecule has 0 aromatic heterocycles. The third-order valence-electron chi connectivity index (χ3n) is 5.01. The number of halogens is 1. The molecule has 4 heteroatoms. The van der Waals surface area contributed by atoms with E-state index in [0.717, 1.165) is 30.4 Å². The topological polar surface area (TPSA) is 30.5 Å². The van der Waals surface area contributed by atoms with Gasteiger partial charge in [-0.3, -0.25) is 0 Å². The van der Waals surface area contributed by atoms with Crippen LogP contribution in [0.5, 0.6) is 11.5 Å². The first kappa shape index (κ1) is 18.4. The van der Waals surface area contributed by atoms with Crippen LogP contribution >= 0.6 is 12.4 Å². The van der Waals surface area contributed by atoms with Crippen molar-refractivity contribution in [3.63, 3.8) is 0 Å². The van der Waals surface area contributed by atoms with Gasteiger partial charge in [-0.15, -0.1) is 12.4 Å². The molecule has 1 unspecified atom stereocenters. The van der Waals surface area contributed by atoms with Gasteiger partial charge >= 0.3 is 0 Å². The molecule has 1 N–H and O–H groups in total. The van der Waals surface area contributed by atoms with E-state index in [-0.39, 0.29) is 12.4 Å². The van der Waals surface area contributed by atoms with Gasteiger partial charge in [0.15, 0.2) is 11.5 Å². The lowest BCUT2D eigenvalue weighted by Crippen LogP contribution is -2.31. The van der Waals surface area contributed by atoms with Gasteiger partial charge < -0.3 is 14.8 Å². The van der Waals surface area contributed by atoms with Crippen LogP contribution in [0.2, 0.25) is 0 Å². The Labute approximate surface area is 146 Å². The number of ether oxygens (including phenoxy) is 2. The fourth-order valence-corrected chi connectivity index (χ4v) is 3.98. The quantitative estimate of drug-likeness (QED) is 0.816. The predicted molar refractivity (Wildman–Crippen MR) is 97.1 cm³/mol. The molecular weight excluding hydrogens is 310 g/mol. The Morgan fingerprint density at radius 1 is 1.04 bits per heavy atom. The maximum absolute atomic E-state index is 5.82. The fourth-order valence-electron chi connectivity index (χ4n) is 3.98. The summed E-state index contributed by atoms with van der Waals surface area (Å²) in [6.45, 7) is 6.50. The molecule has 3 nitrogen and oxygen atoms in total. The fraction of sp³-hybridized carbons (Fsp3) is 0.684. The smallest absolute Gasteiger partial charge is 0.161 e. The molecule has 1 aliphatic carbocycles. The summed E-state index contributed by atoms with van der Waals surface area (Å²) in [5.74, 6) is 2.71. The standard InChI is InChI=1S/C19H29NO2.ClH/c1-3-21-18-12-15-9-10-20-17(11-14-7-5-6-8-14)16(15)13-19(18)22-4-2;/h12-14,17,20H,3-11H2,1-2H3;1H. The van der Waals surface area contributed by atoms with Crippen LogP contribution in [0.1, 0.15) is 63.1 Å². The minimum absolute atomic E-state index is 0. The van der Waals surface area contributed by atoms with Gasteiger partial charge in [0.1, 0.15) is 0 Å². The van der Waals surface area contributed by atoms with Gasteiger partial charge in [0.05, 0.1) is 13.2 Å². The number of hydrogen-bond donors (Lipinski definition) is 1. The highest BCUT2D eigenvalue weighted by Gasteiger charge is 2.26. The molecule has 3 rings (SSSR count). The van der Waals surface area contributed by atoms with Crippen LogP contribution in [0, 0.1) is 5.92 Å². The molecule has 0 saturated heterocycles. The van der Waals surface area contributed by atoms with E-state index < -0.39 is 0 Å². The van der Waals surface area contributed by atoms with E-state index in [1.807, 2.05) is 13.8 Å². The van der Waals surface area contributed by atoms with Gasteiger partial charge in [-0.1, -0.05) is 25.7 Å². The monoisotopic (exact) mass is 339 g/mol.